The Bertz CT molecular complexity index is 939. The summed E-state index contributed by atoms with van der Waals surface area (Å²) in [5.41, 5.74) is 1.66. The van der Waals surface area contributed by atoms with Crippen molar-refractivity contribution in [2.24, 2.45) is 5.92 Å². The van der Waals surface area contributed by atoms with Gasteiger partial charge in [0.15, 0.2) is 0 Å². The number of halogens is 1. The second-order valence-electron chi connectivity index (χ2n) is 8.36. The number of nitrogens with one attached hydrogen (secondary N) is 1. The summed E-state index contributed by atoms with van der Waals surface area (Å²) in [5.74, 6) is -0.0549. The molecular formula is C25H29ClN2O4. The molecule has 2 unspecified atom stereocenters. The number of ether oxygens (including phenoxy) is 1. The Kier molecular flexibility index (Phi) is 8.42. The smallest absolute Gasteiger partial charge is 0.308 e. The first-order valence-electron chi connectivity index (χ1n) is 10.9. The number of hydrogen-bond acceptors (Lipinski definition) is 5. The predicted molar refractivity (Wildman–Crippen MR) is 124 cm³/mol. The zero-order chi connectivity index (χ0) is 23.1. The largest absolute Gasteiger partial charge is 0.427 e. The van der Waals surface area contributed by atoms with Gasteiger partial charge in [-0.2, -0.15) is 0 Å². The van der Waals surface area contributed by atoms with E-state index in [1.807, 2.05) is 19.1 Å². The Balaban J connectivity index is 1.52. The lowest BCUT2D eigenvalue weighted by Gasteiger charge is -2.35. The molecule has 1 amide bonds. The number of nitrogens with zero attached hydrogens (tertiary/aromatic N) is 1. The molecule has 2 atom stereocenters. The Labute approximate surface area is 193 Å². The summed E-state index contributed by atoms with van der Waals surface area (Å²) in [6, 6.07) is 13.8. The number of carbonyl (C=O) groups is 3. The Morgan fingerprint density at radius 2 is 1.88 bits per heavy atom. The second-order valence-corrected chi connectivity index (χ2v) is 8.80. The summed E-state index contributed by atoms with van der Waals surface area (Å²) in [6.07, 6.45) is 2.89. The molecule has 1 aliphatic rings. The van der Waals surface area contributed by atoms with Crippen LogP contribution < -0.4 is 10.1 Å². The van der Waals surface area contributed by atoms with E-state index in [0.717, 1.165) is 43.8 Å². The highest BCUT2D eigenvalue weighted by atomic mass is 35.5. The minimum Gasteiger partial charge on any atom is -0.427 e. The van der Waals surface area contributed by atoms with Crippen LogP contribution in [-0.4, -0.2) is 48.7 Å². The van der Waals surface area contributed by atoms with Crippen LogP contribution in [0.5, 0.6) is 5.75 Å². The van der Waals surface area contributed by atoms with Crippen molar-refractivity contribution in [3.8, 4) is 5.75 Å². The summed E-state index contributed by atoms with van der Waals surface area (Å²) < 4.78 is 5.03. The van der Waals surface area contributed by atoms with Crippen LogP contribution in [0.2, 0.25) is 5.02 Å². The van der Waals surface area contributed by atoms with Crippen LogP contribution in [0.4, 0.5) is 0 Å². The van der Waals surface area contributed by atoms with Crippen LogP contribution in [0, 0.1) is 5.92 Å². The first-order chi connectivity index (χ1) is 15.4. The third kappa shape index (κ3) is 6.65. The topological polar surface area (TPSA) is 75.7 Å². The number of likely N-dealkylation sites (tertiary alicyclic amines) is 1. The highest BCUT2D eigenvalue weighted by Gasteiger charge is 2.26. The van der Waals surface area contributed by atoms with E-state index in [0.29, 0.717) is 17.2 Å². The fraction of sp³-hybridized carbons (Fsp3) is 0.400. The second kappa shape index (κ2) is 11.2. The molecule has 6 nitrogen and oxygen atoms in total. The molecule has 0 radical (unpaired) electrons. The molecular weight excluding hydrogens is 428 g/mol. The van der Waals surface area contributed by atoms with Gasteiger partial charge in [-0.3, -0.25) is 9.59 Å². The van der Waals surface area contributed by atoms with Crippen molar-refractivity contribution in [2.45, 2.75) is 38.6 Å². The lowest BCUT2D eigenvalue weighted by molar-refractivity contribution is -0.131. The minimum absolute atomic E-state index is 0.0415. The normalized spacial score (nSPS) is 16.7. The number of carbonyl (C=O) groups excluding carboxylic acids is 3. The van der Waals surface area contributed by atoms with Gasteiger partial charge in [0.05, 0.1) is 6.04 Å². The summed E-state index contributed by atoms with van der Waals surface area (Å²) >= 11 is 5.99. The molecule has 1 heterocycles. The molecule has 0 aromatic heterocycles. The number of amides is 1. The molecule has 1 fully saturated rings. The molecule has 2 aromatic rings. The molecule has 2 aromatic carbocycles. The molecule has 0 saturated carbocycles. The Morgan fingerprint density at radius 3 is 2.50 bits per heavy atom. The van der Waals surface area contributed by atoms with Crippen molar-refractivity contribution in [2.75, 3.05) is 19.6 Å². The average molecular weight is 457 g/mol. The van der Waals surface area contributed by atoms with Crippen molar-refractivity contribution in [3.05, 3.63) is 64.7 Å². The van der Waals surface area contributed by atoms with E-state index in [1.165, 1.54) is 18.6 Å². The summed E-state index contributed by atoms with van der Waals surface area (Å²) in [7, 11) is 0. The monoisotopic (exact) mass is 456 g/mol. The van der Waals surface area contributed by atoms with E-state index in [2.05, 4.69) is 22.3 Å². The first kappa shape index (κ1) is 24.0. The van der Waals surface area contributed by atoms with Crippen molar-refractivity contribution in [3.63, 3.8) is 0 Å². The number of aldehydes is 1. The van der Waals surface area contributed by atoms with E-state index >= 15 is 0 Å². The summed E-state index contributed by atoms with van der Waals surface area (Å²) in [5, 5.41) is 3.56. The zero-order valence-electron chi connectivity index (χ0n) is 18.4. The first-order valence-corrected chi connectivity index (χ1v) is 11.3. The minimum atomic E-state index is -0.603. The van der Waals surface area contributed by atoms with Gasteiger partial charge in [-0.05, 0) is 73.7 Å². The van der Waals surface area contributed by atoms with Gasteiger partial charge in [0.2, 0.25) is 0 Å². The highest BCUT2D eigenvalue weighted by molar-refractivity contribution is 6.30. The molecule has 3 rings (SSSR count). The standard InChI is InChI=1S/C25H29ClN2O4/c1-17(15-28-12-10-20(11-13-28)19-6-8-22(26)9-7-19)24(16-29)27-25(31)21-4-3-5-23(14-21)32-18(2)30/h3-9,14,16-17,20,24H,10-13,15H2,1-2H3,(H,27,31). The van der Waals surface area contributed by atoms with Crippen molar-refractivity contribution < 1.29 is 19.1 Å². The maximum Gasteiger partial charge on any atom is 0.308 e. The van der Waals surface area contributed by atoms with Gasteiger partial charge in [0.1, 0.15) is 12.0 Å². The number of esters is 1. The van der Waals surface area contributed by atoms with Crippen LogP contribution in [0.15, 0.2) is 48.5 Å². The molecule has 1 N–H and O–H groups in total. The van der Waals surface area contributed by atoms with E-state index in [1.54, 1.807) is 18.2 Å². The van der Waals surface area contributed by atoms with E-state index < -0.39 is 12.0 Å². The summed E-state index contributed by atoms with van der Waals surface area (Å²) in [6.45, 7) is 5.89. The predicted octanol–water partition coefficient (Wildman–Crippen LogP) is 4.08. The van der Waals surface area contributed by atoms with Gasteiger partial charge in [-0.15, -0.1) is 0 Å². The molecule has 1 saturated heterocycles. The van der Waals surface area contributed by atoms with Crippen molar-refractivity contribution in [1.82, 2.24) is 10.2 Å². The van der Waals surface area contributed by atoms with Crippen LogP contribution in [0.25, 0.3) is 0 Å². The number of piperidine rings is 1. The molecule has 0 aliphatic carbocycles. The van der Waals surface area contributed by atoms with Crippen molar-refractivity contribution in [1.29, 1.82) is 0 Å². The molecule has 7 heteroatoms. The van der Waals surface area contributed by atoms with Gasteiger partial charge < -0.3 is 19.7 Å². The lowest BCUT2D eigenvalue weighted by atomic mass is 9.89. The van der Waals surface area contributed by atoms with Crippen LogP contribution in [0.1, 0.15) is 48.5 Å². The quantitative estimate of drug-likeness (QED) is 0.368. The van der Waals surface area contributed by atoms with Gasteiger partial charge in [-0.1, -0.05) is 36.7 Å². The summed E-state index contributed by atoms with van der Waals surface area (Å²) in [4.78, 5) is 37.8. The number of benzene rings is 2. The van der Waals surface area contributed by atoms with Crippen LogP contribution in [0.3, 0.4) is 0 Å². The number of rotatable bonds is 8. The molecule has 170 valence electrons. The van der Waals surface area contributed by atoms with Crippen molar-refractivity contribution >= 4 is 29.8 Å². The fourth-order valence-corrected chi connectivity index (χ4v) is 4.24. The third-order valence-electron chi connectivity index (χ3n) is 5.89. The third-order valence-corrected chi connectivity index (χ3v) is 6.14. The fourth-order valence-electron chi connectivity index (χ4n) is 4.12. The van der Waals surface area contributed by atoms with Crippen LogP contribution in [-0.2, 0) is 9.59 Å². The van der Waals surface area contributed by atoms with Gasteiger partial charge >= 0.3 is 5.97 Å². The van der Waals surface area contributed by atoms with Crippen LogP contribution >= 0.6 is 11.6 Å². The molecule has 0 spiro atoms. The van der Waals surface area contributed by atoms with Gasteiger partial charge in [0.25, 0.3) is 5.91 Å². The zero-order valence-corrected chi connectivity index (χ0v) is 19.2. The average Bonchev–Trinajstić information content (AvgIpc) is 2.78. The maximum atomic E-state index is 12.6. The van der Waals surface area contributed by atoms with E-state index in [-0.39, 0.29) is 11.8 Å². The Morgan fingerprint density at radius 1 is 1.19 bits per heavy atom. The molecule has 32 heavy (non-hydrogen) atoms. The number of hydrogen-bond donors (Lipinski definition) is 1. The highest BCUT2D eigenvalue weighted by Crippen LogP contribution is 2.29. The van der Waals surface area contributed by atoms with E-state index in [4.69, 9.17) is 16.3 Å². The molecule has 0 bridgehead atoms. The lowest BCUT2D eigenvalue weighted by Crippen LogP contribution is -2.46. The SMILES string of the molecule is CC(=O)Oc1cccc(C(=O)NC(C=O)C(C)CN2CCC(c3ccc(Cl)cc3)CC2)c1. The van der Waals surface area contributed by atoms with Gasteiger partial charge in [0, 0.05) is 24.1 Å². The Hall–Kier alpha value is -2.70. The van der Waals surface area contributed by atoms with E-state index in [9.17, 15) is 14.4 Å². The van der Waals surface area contributed by atoms with Gasteiger partial charge in [-0.25, -0.2) is 0 Å². The molecule has 1 aliphatic heterocycles. The maximum absolute atomic E-state index is 12.6.